The van der Waals surface area contributed by atoms with Crippen LogP contribution >= 0.6 is 0 Å². The Morgan fingerprint density at radius 1 is 0.958 bits per heavy atom. The van der Waals surface area contributed by atoms with Crippen molar-refractivity contribution in [2.24, 2.45) is 5.14 Å². The second kappa shape index (κ2) is 5.95. The van der Waals surface area contributed by atoms with E-state index >= 15 is 0 Å². The van der Waals surface area contributed by atoms with E-state index in [1.165, 1.54) is 30.3 Å². The number of hydrogen-bond acceptors (Lipinski definition) is 4. The molecule has 1 amide bonds. The summed E-state index contributed by atoms with van der Waals surface area (Å²) in [6.45, 7) is 0. The second-order valence-electron chi connectivity index (χ2n) is 5.24. The maximum Gasteiger partial charge on any atom is 0.259 e. The van der Waals surface area contributed by atoms with E-state index in [1.54, 1.807) is 24.3 Å². The molecule has 0 unspecified atom stereocenters. The lowest BCUT2D eigenvalue weighted by Gasteiger charge is -2.09. The third kappa shape index (κ3) is 3.22. The largest absolute Gasteiger partial charge is 0.507 e. The van der Waals surface area contributed by atoms with Gasteiger partial charge in [-0.15, -0.1) is 0 Å². The van der Waals surface area contributed by atoms with E-state index < -0.39 is 15.9 Å². The number of sulfonamides is 1. The summed E-state index contributed by atoms with van der Waals surface area (Å²) in [6.07, 6.45) is 0. The van der Waals surface area contributed by atoms with Crippen LogP contribution < -0.4 is 10.5 Å². The Morgan fingerprint density at radius 3 is 2.33 bits per heavy atom. The van der Waals surface area contributed by atoms with Crippen LogP contribution in [-0.2, 0) is 10.0 Å². The molecule has 122 valence electrons. The van der Waals surface area contributed by atoms with Crippen LogP contribution in [0, 0.1) is 0 Å². The van der Waals surface area contributed by atoms with Crippen molar-refractivity contribution in [3.63, 3.8) is 0 Å². The second-order valence-corrected chi connectivity index (χ2v) is 6.80. The molecule has 0 aromatic heterocycles. The normalized spacial score (nSPS) is 11.4. The van der Waals surface area contributed by atoms with Crippen molar-refractivity contribution in [1.29, 1.82) is 0 Å². The molecule has 0 saturated carbocycles. The molecule has 3 aromatic carbocycles. The predicted molar refractivity (Wildman–Crippen MR) is 91.4 cm³/mol. The summed E-state index contributed by atoms with van der Waals surface area (Å²) >= 11 is 0. The minimum atomic E-state index is -3.85. The maximum absolute atomic E-state index is 12.3. The number of carbonyl (C=O) groups is 1. The number of anilines is 1. The van der Waals surface area contributed by atoms with E-state index in [1.807, 2.05) is 6.07 Å². The van der Waals surface area contributed by atoms with Gasteiger partial charge in [-0.25, -0.2) is 13.6 Å². The highest BCUT2D eigenvalue weighted by Gasteiger charge is 2.15. The fourth-order valence-electron chi connectivity index (χ4n) is 2.34. The van der Waals surface area contributed by atoms with E-state index in [0.29, 0.717) is 16.5 Å². The lowest BCUT2D eigenvalue weighted by Crippen LogP contribution is -2.13. The standard InChI is InChI=1S/C17H14N2O4S/c18-24(22,23)14-7-6-11-10-16(20)15(9-12(11)8-14)17(21)19-13-4-2-1-3-5-13/h1-10,20H,(H,19,21)(H2,18,22,23). The van der Waals surface area contributed by atoms with Crippen molar-refractivity contribution in [3.8, 4) is 5.75 Å². The van der Waals surface area contributed by atoms with E-state index in [2.05, 4.69) is 5.32 Å². The van der Waals surface area contributed by atoms with Crippen LogP contribution in [0.25, 0.3) is 10.8 Å². The number of amides is 1. The third-order valence-corrected chi connectivity index (χ3v) is 4.44. The number of nitrogens with one attached hydrogen (secondary N) is 1. The molecule has 0 heterocycles. The fraction of sp³-hybridized carbons (Fsp3) is 0. The summed E-state index contributed by atoms with van der Waals surface area (Å²) in [7, 11) is -3.85. The van der Waals surface area contributed by atoms with Crippen LogP contribution in [0.15, 0.2) is 65.6 Å². The molecule has 0 spiro atoms. The number of aromatic hydroxyl groups is 1. The van der Waals surface area contributed by atoms with E-state index in [4.69, 9.17) is 5.14 Å². The molecule has 0 aliphatic heterocycles. The molecule has 7 heteroatoms. The Balaban J connectivity index is 2.04. The molecule has 3 rings (SSSR count). The van der Waals surface area contributed by atoms with Crippen molar-refractivity contribution >= 4 is 32.4 Å². The van der Waals surface area contributed by atoms with Gasteiger partial charge in [0.15, 0.2) is 0 Å². The van der Waals surface area contributed by atoms with Crippen LogP contribution in [0.3, 0.4) is 0 Å². The molecule has 0 aliphatic carbocycles. The SMILES string of the molecule is NS(=O)(=O)c1ccc2cc(O)c(C(=O)Nc3ccccc3)cc2c1. The molecule has 3 aromatic rings. The van der Waals surface area contributed by atoms with Crippen LogP contribution in [0.2, 0.25) is 0 Å². The quantitative estimate of drug-likeness (QED) is 0.679. The lowest BCUT2D eigenvalue weighted by atomic mass is 10.1. The summed E-state index contributed by atoms with van der Waals surface area (Å²) in [5, 5.41) is 18.9. The molecular weight excluding hydrogens is 328 g/mol. The summed E-state index contributed by atoms with van der Waals surface area (Å²) in [5.74, 6) is -0.694. The Labute approximate surface area is 138 Å². The van der Waals surface area contributed by atoms with Gasteiger partial charge >= 0.3 is 0 Å². The van der Waals surface area contributed by atoms with Gasteiger partial charge in [-0.1, -0.05) is 24.3 Å². The van der Waals surface area contributed by atoms with Gasteiger partial charge in [0.25, 0.3) is 5.91 Å². The number of para-hydroxylation sites is 1. The first-order chi connectivity index (χ1) is 11.3. The van der Waals surface area contributed by atoms with Crippen molar-refractivity contribution < 1.29 is 18.3 Å². The van der Waals surface area contributed by atoms with Crippen molar-refractivity contribution in [1.82, 2.24) is 0 Å². The molecule has 0 fully saturated rings. The first kappa shape index (κ1) is 16.0. The van der Waals surface area contributed by atoms with E-state index in [-0.39, 0.29) is 16.2 Å². The third-order valence-electron chi connectivity index (χ3n) is 3.53. The summed E-state index contributed by atoms with van der Waals surface area (Å²) in [5.41, 5.74) is 0.623. The van der Waals surface area contributed by atoms with Crippen LogP contribution in [0.4, 0.5) is 5.69 Å². The molecule has 0 bridgehead atoms. The highest BCUT2D eigenvalue weighted by atomic mass is 32.2. The van der Waals surface area contributed by atoms with Gasteiger partial charge in [-0.3, -0.25) is 4.79 Å². The minimum absolute atomic E-state index is 0.0397. The monoisotopic (exact) mass is 342 g/mol. The molecule has 0 radical (unpaired) electrons. The van der Waals surface area contributed by atoms with Crippen molar-refractivity contribution in [2.45, 2.75) is 4.90 Å². The Bertz CT molecular complexity index is 1030. The summed E-state index contributed by atoms with van der Waals surface area (Å²) < 4.78 is 22.9. The zero-order valence-electron chi connectivity index (χ0n) is 12.4. The molecule has 0 atom stereocenters. The van der Waals surface area contributed by atoms with Crippen LogP contribution in [0.1, 0.15) is 10.4 Å². The topological polar surface area (TPSA) is 109 Å². The highest BCUT2D eigenvalue weighted by Crippen LogP contribution is 2.27. The van der Waals surface area contributed by atoms with Crippen LogP contribution in [0.5, 0.6) is 5.75 Å². The number of primary sulfonamides is 1. The number of fused-ring (bicyclic) bond motifs is 1. The van der Waals surface area contributed by atoms with E-state index in [9.17, 15) is 18.3 Å². The van der Waals surface area contributed by atoms with Gasteiger partial charge in [0.1, 0.15) is 5.75 Å². The van der Waals surface area contributed by atoms with Crippen molar-refractivity contribution in [3.05, 3.63) is 66.2 Å². The number of hydrogen-bond donors (Lipinski definition) is 3. The fourth-order valence-corrected chi connectivity index (χ4v) is 2.89. The van der Waals surface area contributed by atoms with Gasteiger partial charge in [0, 0.05) is 5.69 Å². The number of rotatable bonds is 3. The molecule has 0 aliphatic rings. The number of phenolic OH excluding ortho intramolecular Hbond substituents is 1. The number of nitrogens with two attached hydrogens (primary N) is 1. The van der Waals surface area contributed by atoms with Gasteiger partial charge in [0.2, 0.25) is 10.0 Å². The van der Waals surface area contributed by atoms with Gasteiger partial charge in [-0.2, -0.15) is 0 Å². The zero-order valence-corrected chi connectivity index (χ0v) is 13.2. The number of carbonyl (C=O) groups excluding carboxylic acids is 1. The summed E-state index contributed by atoms with van der Waals surface area (Å²) in [6, 6.07) is 15.9. The summed E-state index contributed by atoms with van der Waals surface area (Å²) in [4.78, 5) is 12.3. The molecule has 24 heavy (non-hydrogen) atoms. The minimum Gasteiger partial charge on any atom is -0.507 e. The predicted octanol–water partition coefficient (Wildman–Crippen LogP) is 2.45. The van der Waals surface area contributed by atoms with Gasteiger partial charge in [0.05, 0.1) is 10.5 Å². The average Bonchev–Trinajstić information content (AvgIpc) is 2.53. The molecule has 4 N–H and O–H groups in total. The zero-order chi connectivity index (χ0) is 17.3. The first-order valence-corrected chi connectivity index (χ1v) is 8.55. The smallest absolute Gasteiger partial charge is 0.259 e. The van der Waals surface area contributed by atoms with Crippen LogP contribution in [-0.4, -0.2) is 19.4 Å². The number of phenols is 1. The number of benzene rings is 3. The Morgan fingerprint density at radius 2 is 1.67 bits per heavy atom. The Hall–Kier alpha value is -2.90. The maximum atomic E-state index is 12.3. The lowest BCUT2D eigenvalue weighted by molar-refractivity contribution is 0.102. The van der Waals surface area contributed by atoms with E-state index in [0.717, 1.165) is 0 Å². The highest BCUT2D eigenvalue weighted by molar-refractivity contribution is 7.89. The molecule has 6 nitrogen and oxygen atoms in total. The Kier molecular flexibility index (Phi) is 3.96. The van der Waals surface area contributed by atoms with Gasteiger partial charge < -0.3 is 10.4 Å². The van der Waals surface area contributed by atoms with Crippen molar-refractivity contribution in [2.75, 3.05) is 5.32 Å². The molecular formula is C17H14N2O4S. The van der Waals surface area contributed by atoms with Gasteiger partial charge in [-0.05, 0) is 47.2 Å². The first-order valence-electron chi connectivity index (χ1n) is 7.00. The average molecular weight is 342 g/mol. The molecule has 0 saturated heterocycles.